The lowest BCUT2D eigenvalue weighted by atomic mass is 9.49. The number of hydrogen-bond donors (Lipinski definition) is 0. The molecule has 0 spiro atoms. The van der Waals surface area contributed by atoms with Gasteiger partial charge >= 0.3 is 11.9 Å². The number of fused-ring (bicyclic) bond motifs is 5. The first-order valence-electron chi connectivity index (χ1n) is 14.2. The minimum Gasteiger partial charge on any atom is -0.458 e. The highest BCUT2D eigenvalue weighted by Crippen LogP contribution is 2.66. The van der Waals surface area contributed by atoms with E-state index in [9.17, 15) is 9.59 Å². The maximum absolute atomic E-state index is 12.0. The van der Waals surface area contributed by atoms with Gasteiger partial charge in [0.1, 0.15) is 6.10 Å². The standard InChI is InChI=1S/C31H48O4/c1-19(2)9-8-10-20(3)24-13-14-25-23-11-12-27-29(35-22(5)33)28(34-21(4)32)16-18-31(27,7)26(23)15-17-30(24,25)6/h11-12,19-20,24-26,28-29H,8-10,13-18H2,1-7H3/t20-,24-,25+,26+,28+,29-,30-,31-/m1/s1. The number of allylic oxidation sites excluding steroid dienone is 3. The molecule has 4 rings (SSSR count). The van der Waals surface area contributed by atoms with E-state index in [1.807, 2.05) is 0 Å². The largest absolute Gasteiger partial charge is 0.458 e. The smallest absolute Gasteiger partial charge is 0.303 e. The second-order valence-electron chi connectivity index (χ2n) is 13.1. The van der Waals surface area contributed by atoms with Gasteiger partial charge in [0.05, 0.1) is 0 Å². The van der Waals surface area contributed by atoms with Crippen LogP contribution in [0.15, 0.2) is 23.3 Å². The van der Waals surface area contributed by atoms with E-state index >= 15 is 0 Å². The van der Waals surface area contributed by atoms with Gasteiger partial charge in [-0.2, -0.15) is 0 Å². The molecule has 0 aromatic rings. The molecule has 0 bridgehead atoms. The van der Waals surface area contributed by atoms with Crippen molar-refractivity contribution in [1.29, 1.82) is 0 Å². The average molecular weight is 485 g/mol. The molecule has 0 amide bonds. The third-order valence-corrected chi connectivity index (χ3v) is 10.4. The molecule has 0 aliphatic heterocycles. The van der Waals surface area contributed by atoms with Crippen LogP contribution in [0.2, 0.25) is 0 Å². The van der Waals surface area contributed by atoms with Gasteiger partial charge in [-0.05, 0) is 84.5 Å². The Morgan fingerprint density at radius 2 is 1.63 bits per heavy atom. The van der Waals surface area contributed by atoms with Gasteiger partial charge in [-0.15, -0.1) is 0 Å². The first-order chi connectivity index (χ1) is 16.5. The zero-order valence-electron chi connectivity index (χ0n) is 23.2. The molecule has 0 aromatic heterocycles. The maximum Gasteiger partial charge on any atom is 0.303 e. The van der Waals surface area contributed by atoms with E-state index < -0.39 is 6.10 Å². The third-order valence-electron chi connectivity index (χ3n) is 10.4. The van der Waals surface area contributed by atoms with Gasteiger partial charge < -0.3 is 9.47 Å². The van der Waals surface area contributed by atoms with Crippen LogP contribution >= 0.6 is 0 Å². The molecule has 8 atom stereocenters. The van der Waals surface area contributed by atoms with Crippen molar-refractivity contribution in [3.63, 3.8) is 0 Å². The van der Waals surface area contributed by atoms with Gasteiger partial charge in [0.25, 0.3) is 0 Å². The summed E-state index contributed by atoms with van der Waals surface area (Å²) in [6.07, 6.45) is 14.7. The summed E-state index contributed by atoms with van der Waals surface area (Å²) in [5.41, 5.74) is 3.16. The molecule has 196 valence electrons. The van der Waals surface area contributed by atoms with Crippen LogP contribution in [0.1, 0.15) is 106 Å². The Balaban J connectivity index is 1.59. The lowest BCUT2D eigenvalue weighted by Gasteiger charge is -2.56. The zero-order valence-corrected chi connectivity index (χ0v) is 23.2. The van der Waals surface area contributed by atoms with Crippen molar-refractivity contribution in [2.45, 2.75) is 118 Å². The van der Waals surface area contributed by atoms with Crippen LogP contribution in [0, 0.1) is 40.4 Å². The molecule has 0 radical (unpaired) electrons. The lowest BCUT2D eigenvalue weighted by molar-refractivity contribution is -0.167. The summed E-state index contributed by atoms with van der Waals surface area (Å²) in [6.45, 7) is 15.0. The molecule has 4 heteroatoms. The van der Waals surface area contributed by atoms with Crippen molar-refractivity contribution in [3.8, 4) is 0 Å². The van der Waals surface area contributed by atoms with E-state index in [2.05, 4.69) is 46.8 Å². The molecule has 35 heavy (non-hydrogen) atoms. The minimum absolute atomic E-state index is 0.0385. The first-order valence-corrected chi connectivity index (χ1v) is 14.2. The monoisotopic (exact) mass is 484 g/mol. The van der Waals surface area contributed by atoms with Crippen molar-refractivity contribution in [1.82, 2.24) is 0 Å². The van der Waals surface area contributed by atoms with Crippen LogP contribution in [0.3, 0.4) is 0 Å². The van der Waals surface area contributed by atoms with Gasteiger partial charge in [-0.3, -0.25) is 9.59 Å². The zero-order chi connectivity index (χ0) is 25.5. The number of hydrogen-bond acceptors (Lipinski definition) is 4. The summed E-state index contributed by atoms with van der Waals surface area (Å²) in [5.74, 6) is 2.93. The predicted molar refractivity (Wildman–Crippen MR) is 140 cm³/mol. The summed E-state index contributed by atoms with van der Waals surface area (Å²) in [7, 11) is 0. The van der Waals surface area contributed by atoms with Crippen molar-refractivity contribution in [2.24, 2.45) is 40.4 Å². The van der Waals surface area contributed by atoms with E-state index in [1.165, 1.54) is 58.8 Å². The van der Waals surface area contributed by atoms with E-state index in [0.29, 0.717) is 17.3 Å². The molecule has 0 unspecified atom stereocenters. The molecule has 4 nitrogen and oxygen atoms in total. The van der Waals surface area contributed by atoms with Crippen molar-refractivity contribution in [3.05, 3.63) is 23.3 Å². The number of rotatable bonds is 7. The van der Waals surface area contributed by atoms with Crippen LogP contribution in [-0.2, 0) is 19.1 Å². The second-order valence-corrected chi connectivity index (χ2v) is 13.1. The van der Waals surface area contributed by atoms with E-state index in [0.717, 1.165) is 36.2 Å². The van der Waals surface area contributed by atoms with Crippen molar-refractivity contribution >= 4 is 11.9 Å². The Hall–Kier alpha value is -1.58. The fraction of sp³-hybridized carbons (Fsp3) is 0.806. The summed E-state index contributed by atoms with van der Waals surface area (Å²) in [5, 5.41) is 0. The fourth-order valence-electron chi connectivity index (χ4n) is 8.70. The quantitative estimate of drug-likeness (QED) is 0.353. The summed E-state index contributed by atoms with van der Waals surface area (Å²) in [4.78, 5) is 23.8. The molecule has 3 saturated carbocycles. The van der Waals surface area contributed by atoms with E-state index in [1.54, 1.807) is 5.57 Å². The van der Waals surface area contributed by atoms with Gasteiger partial charge in [0, 0.05) is 13.8 Å². The summed E-state index contributed by atoms with van der Waals surface area (Å²) in [6, 6.07) is 0. The number of esters is 2. The van der Waals surface area contributed by atoms with E-state index in [-0.39, 0.29) is 23.5 Å². The van der Waals surface area contributed by atoms with Crippen LogP contribution in [-0.4, -0.2) is 24.1 Å². The van der Waals surface area contributed by atoms with Crippen LogP contribution in [0.25, 0.3) is 0 Å². The Bertz CT molecular complexity index is 884. The summed E-state index contributed by atoms with van der Waals surface area (Å²) < 4.78 is 11.4. The van der Waals surface area contributed by atoms with Gasteiger partial charge in [0.15, 0.2) is 6.10 Å². The Morgan fingerprint density at radius 3 is 2.29 bits per heavy atom. The highest BCUT2D eigenvalue weighted by molar-refractivity contribution is 5.68. The topological polar surface area (TPSA) is 52.6 Å². The first kappa shape index (κ1) is 26.5. The molecule has 4 aliphatic rings. The van der Waals surface area contributed by atoms with Crippen molar-refractivity contribution in [2.75, 3.05) is 0 Å². The molecule has 0 saturated heterocycles. The molecule has 3 fully saturated rings. The van der Waals surface area contributed by atoms with Gasteiger partial charge in [-0.1, -0.05) is 71.6 Å². The lowest BCUT2D eigenvalue weighted by Crippen LogP contribution is -2.52. The fourth-order valence-corrected chi connectivity index (χ4v) is 8.70. The van der Waals surface area contributed by atoms with Crippen LogP contribution in [0.4, 0.5) is 0 Å². The van der Waals surface area contributed by atoms with Crippen LogP contribution in [0.5, 0.6) is 0 Å². The maximum atomic E-state index is 12.0. The molecular formula is C31H48O4. The molecular weight excluding hydrogens is 436 g/mol. The molecule has 0 aromatic carbocycles. The Morgan fingerprint density at radius 1 is 0.914 bits per heavy atom. The highest BCUT2D eigenvalue weighted by Gasteiger charge is 2.58. The number of carbonyl (C=O) groups is 2. The molecule has 0 heterocycles. The molecule has 0 N–H and O–H groups in total. The van der Waals surface area contributed by atoms with E-state index in [4.69, 9.17) is 9.47 Å². The van der Waals surface area contributed by atoms with Gasteiger partial charge in [-0.25, -0.2) is 0 Å². The SMILES string of the molecule is CC(=O)O[C@H]1CC[C@@]2(C)C(=CC=C3[C@@H]4CC[C@H]([C@H](C)CCCC(C)C)[C@@]4(C)CC[C@@H]32)[C@H]1OC(C)=O. The Kier molecular flexibility index (Phi) is 7.61. The second kappa shape index (κ2) is 10.1. The molecule has 4 aliphatic carbocycles. The number of ether oxygens (including phenoxy) is 2. The van der Waals surface area contributed by atoms with Crippen molar-refractivity contribution < 1.29 is 19.1 Å². The minimum atomic E-state index is -0.474. The summed E-state index contributed by atoms with van der Waals surface area (Å²) >= 11 is 0. The predicted octanol–water partition coefficient (Wildman–Crippen LogP) is 7.42. The third kappa shape index (κ3) is 4.88. The highest BCUT2D eigenvalue weighted by atomic mass is 16.6. The van der Waals surface area contributed by atoms with Crippen LogP contribution < -0.4 is 0 Å². The Labute approximate surface area is 213 Å². The van der Waals surface area contributed by atoms with Gasteiger partial charge in [0.2, 0.25) is 0 Å². The average Bonchev–Trinajstić information content (AvgIpc) is 3.12. The normalized spacial score (nSPS) is 39.0. The number of carbonyl (C=O) groups excluding carboxylic acids is 2.